The number of aliphatic carboxylic acids is 1. The fraction of sp³-hybridized carbons (Fsp3) is 0.333. The fourth-order valence-electron chi connectivity index (χ4n) is 2.40. The van der Waals surface area contributed by atoms with Crippen molar-refractivity contribution >= 4 is 23.3 Å². The molecule has 1 unspecified atom stereocenters. The van der Waals surface area contributed by atoms with Gasteiger partial charge in [-0.1, -0.05) is 0 Å². The highest BCUT2D eigenvalue weighted by Crippen LogP contribution is 2.31. The maximum atomic E-state index is 11.5. The van der Waals surface area contributed by atoms with E-state index in [-0.39, 0.29) is 11.3 Å². The molecule has 1 atom stereocenters. The van der Waals surface area contributed by atoms with E-state index < -0.39 is 22.8 Å². The number of nitro benzene ring substituents is 1. The van der Waals surface area contributed by atoms with Crippen LogP contribution in [0.3, 0.4) is 0 Å². The van der Waals surface area contributed by atoms with Gasteiger partial charge in [-0.05, 0) is 18.9 Å². The quantitative estimate of drug-likeness (QED) is 0.618. The second kappa shape index (κ2) is 5.16. The van der Waals surface area contributed by atoms with E-state index in [0.717, 1.165) is 6.07 Å². The summed E-state index contributed by atoms with van der Waals surface area (Å²) in [4.78, 5) is 34.3. The minimum atomic E-state index is -0.990. The minimum Gasteiger partial charge on any atom is -0.480 e. The van der Waals surface area contributed by atoms with Crippen molar-refractivity contribution in [1.29, 1.82) is 0 Å². The summed E-state index contributed by atoms with van der Waals surface area (Å²) in [6.45, 7) is 0.467. The van der Waals surface area contributed by atoms with Crippen molar-refractivity contribution in [2.75, 3.05) is 11.4 Å². The topological polar surface area (TPSA) is 127 Å². The van der Waals surface area contributed by atoms with Gasteiger partial charge in [-0.15, -0.1) is 0 Å². The first-order valence-corrected chi connectivity index (χ1v) is 5.99. The van der Waals surface area contributed by atoms with Gasteiger partial charge in [0.05, 0.1) is 16.2 Å². The predicted molar refractivity (Wildman–Crippen MR) is 69.6 cm³/mol. The zero-order chi connectivity index (χ0) is 14.9. The van der Waals surface area contributed by atoms with E-state index in [1.807, 2.05) is 0 Å². The van der Waals surface area contributed by atoms with E-state index >= 15 is 0 Å². The summed E-state index contributed by atoms with van der Waals surface area (Å²) in [7, 11) is 0. The summed E-state index contributed by atoms with van der Waals surface area (Å²) >= 11 is 0. The number of carbonyl (C=O) groups excluding carboxylic acids is 1. The molecule has 0 radical (unpaired) electrons. The molecular weight excluding hydrogens is 266 g/mol. The normalized spacial score (nSPS) is 18.0. The zero-order valence-corrected chi connectivity index (χ0v) is 10.5. The van der Waals surface area contributed by atoms with Crippen molar-refractivity contribution in [2.45, 2.75) is 18.9 Å². The number of carboxylic acids is 1. The number of hydrogen-bond acceptors (Lipinski definition) is 5. The van der Waals surface area contributed by atoms with Gasteiger partial charge in [-0.25, -0.2) is 4.79 Å². The Bertz CT molecular complexity index is 586. The summed E-state index contributed by atoms with van der Waals surface area (Å²) < 4.78 is 0. The Hall–Kier alpha value is -2.64. The van der Waals surface area contributed by atoms with E-state index in [1.54, 1.807) is 4.90 Å². The number of rotatable bonds is 4. The number of hydrogen-bond donors (Lipinski definition) is 2. The van der Waals surface area contributed by atoms with Crippen molar-refractivity contribution in [1.82, 2.24) is 0 Å². The van der Waals surface area contributed by atoms with Crippen molar-refractivity contribution in [3.05, 3.63) is 33.9 Å². The Labute approximate surface area is 113 Å². The van der Waals surface area contributed by atoms with E-state index in [4.69, 9.17) is 10.8 Å². The van der Waals surface area contributed by atoms with Crippen LogP contribution in [0.15, 0.2) is 18.2 Å². The molecule has 1 heterocycles. The third-order valence-electron chi connectivity index (χ3n) is 3.30. The average molecular weight is 279 g/mol. The highest BCUT2D eigenvalue weighted by atomic mass is 16.6. The second-order valence-corrected chi connectivity index (χ2v) is 4.51. The number of anilines is 1. The highest BCUT2D eigenvalue weighted by Gasteiger charge is 2.33. The molecule has 0 aromatic heterocycles. The van der Waals surface area contributed by atoms with Gasteiger partial charge in [0.15, 0.2) is 0 Å². The van der Waals surface area contributed by atoms with Crippen molar-refractivity contribution in [3.8, 4) is 0 Å². The monoisotopic (exact) mass is 279 g/mol. The lowest BCUT2D eigenvalue weighted by Gasteiger charge is -2.25. The summed E-state index contributed by atoms with van der Waals surface area (Å²) in [6.07, 6.45) is 1.14. The number of nitrogens with zero attached hydrogens (tertiary/aromatic N) is 2. The maximum absolute atomic E-state index is 11.5. The smallest absolute Gasteiger partial charge is 0.326 e. The van der Waals surface area contributed by atoms with Gasteiger partial charge in [0, 0.05) is 18.7 Å². The lowest BCUT2D eigenvalue weighted by molar-refractivity contribution is -0.384. The number of benzene rings is 1. The number of nitro groups is 1. The first kappa shape index (κ1) is 13.8. The summed E-state index contributed by atoms with van der Waals surface area (Å²) in [5, 5.41) is 19.9. The number of non-ortho nitro benzene ring substituents is 1. The standard InChI is InChI=1S/C12H13N3O5/c13-11(16)8-6-7(15(19)20)3-4-9(8)14-5-1-2-10(14)12(17)18/h3-4,6,10H,1-2,5H2,(H2,13,16)(H,17,18). The molecule has 0 saturated carbocycles. The van der Waals surface area contributed by atoms with E-state index in [0.29, 0.717) is 25.1 Å². The number of carbonyl (C=O) groups is 2. The summed E-state index contributed by atoms with van der Waals surface area (Å²) in [6, 6.07) is 2.95. The molecule has 1 amide bonds. The molecule has 8 heteroatoms. The highest BCUT2D eigenvalue weighted by molar-refractivity contribution is 6.00. The maximum Gasteiger partial charge on any atom is 0.326 e. The van der Waals surface area contributed by atoms with Crippen LogP contribution in [0.5, 0.6) is 0 Å². The second-order valence-electron chi connectivity index (χ2n) is 4.51. The third-order valence-corrected chi connectivity index (χ3v) is 3.30. The minimum absolute atomic E-state index is 0.0349. The lowest BCUT2D eigenvalue weighted by Crippen LogP contribution is -2.37. The van der Waals surface area contributed by atoms with Gasteiger partial charge in [-0.2, -0.15) is 0 Å². The van der Waals surface area contributed by atoms with Crippen LogP contribution in [-0.2, 0) is 4.79 Å². The summed E-state index contributed by atoms with van der Waals surface area (Å²) in [5.41, 5.74) is 5.27. The first-order chi connectivity index (χ1) is 9.41. The Morgan fingerprint density at radius 1 is 1.45 bits per heavy atom. The van der Waals surface area contributed by atoms with E-state index in [2.05, 4.69) is 0 Å². The van der Waals surface area contributed by atoms with Gasteiger partial charge < -0.3 is 15.7 Å². The zero-order valence-electron chi connectivity index (χ0n) is 10.5. The molecule has 1 saturated heterocycles. The lowest BCUT2D eigenvalue weighted by atomic mass is 10.1. The van der Waals surface area contributed by atoms with Crippen LogP contribution in [-0.4, -0.2) is 34.5 Å². The molecule has 0 aliphatic carbocycles. The molecule has 1 aromatic rings. The summed E-state index contributed by atoms with van der Waals surface area (Å²) in [5.74, 6) is -1.81. The molecular formula is C12H13N3O5. The molecule has 1 aliphatic rings. The van der Waals surface area contributed by atoms with Crippen molar-refractivity contribution in [2.24, 2.45) is 5.73 Å². The van der Waals surface area contributed by atoms with Crippen LogP contribution in [0.4, 0.5) is 11.4 Å². The van der Waals surface area contributed by atoms with Crippen LogP contribution in [0.1, 0.15) is 23.2 Å². The van der Waals surface area contributed by atoms with Crippen LogP contribution in [0.25, 0.3) is 0 Å². The molecule has 2 rings (SSSR count). The van der Waals surface area contributed by atoms with E-state index in [1.165, 1.54) is 12.1 Å². The molecule has 1 aliphatic heterocycles. The molecule has 8 nitrogen and oxygen atoms in total. The largest absolute Gasteiger partial charge is 0.480 e. The van der Waals surface area contributed by atoms with Gasteiger partial charge in [0.25, 0.3) is 11.6 Å². The van der Waals surface area contributed by atoms with Gasteiger partial charge in [-0.3, -0.25) is 14.9 Å². The number of nitrogens with two attached hydrogens (primary N) is 1. The molecule has 0 spiro atoms. The number of carboxylic acid groups (broad SMARTS) is 1. The number of amides is 1. The molecule has 1 fully saturated rings. The Kier molecular flexibility index (Phi) is 3.55. The van der Waals surface area contributed by atoms with E-state index in [9.17, 15) is 19.7 Å². The molecule has 106 valence electrons. The van der Waals surface area contributed by atoms with Crippen LogP contribution in [0.2, 0.25) is 0 Å². The molecule has 3 N–H and O–H groups in total. The van der Waals surface area contributed by atoms with Crippen LogP contribution in [0, 0.1) is 10.1 Å². The van der Waals surface area contributed by atoms with Crippen LogP contribution >= 0.6 is 0 Å². The SMILES string of the molecule is NC(=O)c1cc([N+](=O)[O-])ccc1N1CCCC1C(=O)O. The fourth-order valence-corrected chi connectivity index (χ4v) is 2.40. The van der Waals surface area contributed by atoms with Crippen molar-refractivity contribution < 1.29 is 19.6 Å². The van der Waals surface area contributed by atoms with Crippen molar-refractivity contribution in [3.63, 3.8) is 0 Å². The predicted octanol–water partition coefficient (Wildman–Crippen LogP) is 0.747. The molecule has 20 heavy (non-hydrogen) atoms. The molecule has 0 bridgehead atoms. The Balaban J connectivity index is 2.48. The molecule has 1 aromatic carbocycles. The number of primary amides is 1. The average Bonchev–Trinajstić information content (AvgIpc) is 2.86. The van der Waals surface area contributed by atoms with Gasteiger partial charge in [0.2, 0.25) is 0 Å². The van der Waals surface area contributed by atoms with Crippen LogP contribution < -0.4 is 10.6 Å². The van der Waals surface area contributed by atoms with Gasteiger partial charge >= 0.3 is 5.97 Å². The Morgan fingerprint density at radius 3 is 2.70 bits per heavy atom. The first-order valence-electron chi connectivity index (χ1n) is 5.99. The third kappa shape index (κ3) is 2.40. The van der Waals surface area contributed by atoms with Gasteiger partial charge in [0.1, 0.15) is 6.04 Å². The Morgan fingerprint density at radius 2 is 2.15 bits per heavy atom.